The molecule has 0 amide bonds. The van der Waals surface area contributed by atoms with Gasteiger partial charge in [0.1, 0.15) is 22.4 Å². The molecule has 1 aromatic rings. The molecule has 0 spiro atoms. The predicted molar refractivity (Wildman–Crippen MR) is 56.9 cm³/mol. The second-order valence-corrected chi connectivity index (χ2v) is 3.73. The highest BCUT2D eigenvalue weighted by Gasteiger charge is 2.19. The molecule has 0 radical (unpaired) electrons. The number of aryl methyl sites for hydroxylation is 1. The number of rotatable bonds is 4. The van der Waals surface area contributed by atoms with Crippen molar-refractivity contribution in [3.8, 4) is 0 Å². The molecule has 0 bridgehead atoms. The first-order valence-corrected chi connectivity index (χ1v) is 5.03. The molecule has 0 saturated carbocycles. The summed E-state index contributed by atoms with van der Waals surface area (Å²) in [7, 11) is 0. The molecular formula is C9H12ClF2N3O. The van der Waals surface area contributed by atoms with Gasteiger partial charge in [0.25, 0.3) is 6.43 Å². The maximum absolute atomic E-state index is 12.6. The molecule has 0 aromatic carbocycles. The minimum absolute atomic E-state index is 0.117. The maximum Gasteiger partial charge on any atom is 0.282 e. The van der Waals surface area contributed by atoms with Crippen molar-refractivity contribution in [1.82, 2.24) is 9.97 Å². The average molecular weight is 252 g/mol. The summed E-state index contributed by atoms with van der Waals surface area (Å²) in [4.78, 5) is 7.48. The maximum atomic E-state index is 12.6. The van der Waals surface area contributed by atoms with Gasteiger partial charge in [-0.15, -0.1) is 0 Å². The van der Waals surface area contributed by atoms with Crippen molar-refractivity contribution in [2.24, 2.45) is 0 Å². The van der Waals surface area contributed by atoms with Gasteiger partial charge in [-0.25, -0.2) is 18.7 Å². The number of hydrogen-bond donors (Lipinski definition) is 2. The standard InChI is InChI=1S/C9H12ClF2N3O/c1-4(3-16)13-9-6(10)7(8(11)12)14-5(2)15-9/h4,8,16H,3H2,1-2H3,(H,13,14,15). The fraction of sp³-hybridized carbons (Fsp3) is 0.556. The Kier molecular flexibility index (Phi) is 4.37. The Morgan fingerprint density at radius 1 is 1.44 bits per heavy atom. The highest BCUT2D eigenvalue weighted by Crippen LogP contribution is 2.30. The fourth-order valence-corrected chi connectivity index (χ4v) is 1.32. The number of aliphatic hydroxyl groups excluding tert-OH is 1. The molecule has 0 aliphatic carbocycles. The van der Waals surface area contributed by atoms with Crippen LogP contribution < -0.4 is 5.32 Å². The molecule has 16 heavy (non-hydrogen) atoms. The van der Waals surface area contributed by atoms with E-state index in [1.807, 2.05) is 0 Å². The quantitative estimate of drug-likeness (QED) is 0.861. The molecule has 1 unspecified atom stereocenters. The molecule has 2 N–H and O–H groups in total. The van der Waals surface area contributed by atoms with Crippen molar-refractivity contribution in [3.05, 3.63) is 16.5 Å². The Labute approximate surface area is 96.7 Å². The highest BCUT2D eigenvalue weighted by molar-refractivity contribution is 6.33. The molecule has 7 heteroatoms. The van der Waals surface area contributed by atoms with Gasteiger partial charge in [0.15, 0.2) is 0 Å². The van der Waals surface area contributed by atoms with E-state index in [9.17, 15) is 8.78 Å². The fourth-order valence-electron chi connectivity index (χ4n) is 1.10. The van der Waals surface area contributed by atoms with Gasteiger partial charge >= 0.3 is 0 Å². The Balaban J connectivity index is 3.09. The largest absolute Gasteiger partial charge is 0.394 e. The summed E-state index contributed by atoms with van der Waals surface area (Å²) >= 11 is 5.73. The number of hydrogen-bond acceptors (Lipinski definition) is 4. The van der Waals surface area contributed by atoms with E-state index in [0.717, 1.165) is 0 Å². The number of aliphatic hydroxyl groups is 1. The van der Waals surface area contributed by atoms with Crippen LogP contribution in [0.15, 0.2) is 0 Å². The molecule has 90 valence electrons. The Morgan fingerprint density at radius 2 is 2.06 bits per heavy atom. The lowest BCUT2D eigenvalue weighted by molar-refractivity contribution is 0.146. The van der Waals surface area contributed by atoms with Gasteiger partial charge < -0.3 is 10.4 Å². The number of alkyl halides is 2. The van der Waals surface area contributed by atoms with Crippen LogP contribution in [0, 0.1) is 6.92 Å². The molecule has 1 atom stereocenters. The van der Waals surface area contributed by atoms with E-state index in [0.29, 0.717) is 0 Å². The summed E-state index contributed by atoms with van der Waals surface area (Å²) in [5.74, 6) is 0.318. The monoisotopic (exact) mass is 251 g/mol. The summed E-state index contributed by atoms with van der Waals surface area (Å²) in [6.07, 6.45) is -2.75. The number of halogens is 3. The second-order valence-electron chi connectivity index (χ2n) is 3.35. The summed E-state index contributed by atoms with van der Waals surface area (Å²) in [5, 5.41) is 11.4. The van der Waals surface area contributed by atoms with E-state index < -0.39 is 12.1 Å². The minimum Gasteiger partial charge on any atom is -0.394 e. The molecule has 1 rings (SSSR count). The van der Waals surface area contributed by atoms with E-state index in [1.165, 1.54) is 6.92 Å². The van der Waals surface area contributed by atoms with Crippen LogP contribution in [0.25, 0.3) is 0 Å². The van der Waals surface area contributed by atoms with Gasteiger partial charge in [-0.3, -0.25) is 0 Å². The van der Waals surface area contributed by atoms with Gasteiger partial charge in [-0.05, 0) is 13.8 Å². The van der Waals surface area contributed by atoms with Crippen molar-refractivity contribution in [2.75, 3.05) is 11.9 Å². The van der Waals surface area contributed by atoms with Gasteiger partial charge in [0.2, 0.25) is 0 Å². The number of nitrogens with zero attached hydrogens (tertiary/aromatic N) is 2. The normalized spacial score (nSPS) is 12.9. The van der Waals surface area contributed by atoms with E-state index in [4.69, 9.17) is 16.7 Å². The van der Waals surface area contributed by atoms with Gasteiger partial charge in [0, 0.05) is 6.04 Å². The van der Waals surface area contributed by atoms with Crippen molar-refractivity contribution in [1.29, 1.82) is 0 Å². The highest BCUT2D eigenvalue weighted by atomic mass is 35.5. The zero-order valence-corrected chi connectivity index (χ0v) is 9.59. The van der Waals surface area contributed by atoms with Crippen LogP contribution >= 0.6 is 11.6 Å². The zero-order chi connectivity index (χ0) is 12.3. The third-order valence-corrected chi connectivity index (χ3v) is 2.22. The second kappa shape index (κ2) is 5.36. The summed E-state index contributed by atoms with van der Waals surface area (Å²) < 4.78 is 25.1. The molecule has 0 aliphatic heterocycles. The van der Waals surface area contributed by atoms with Crippen LogP contribution in [0.4, 0.5) is 14.6 Å². The first-order chi connectivity index (χ1) is 7.45. The average Bonchev–Trinajstić information content (AvgIpc) is 2.22. The predicted octanol–water partition coefficient (Wildman–Crippen LogP) is 2.17. The molecule has 1 aromatic heterocycles. The SMILES string of the molecule is Cc1nc(NC(C)CO)c(Cl)c(C(F)F)n1. The molecule has 4 nitrogen and oxygen atoms in total. The molecule has 0 aliphatic rings. The van der Waals surface area contributed by atoms with Gasteiger partial charge in [0.05, 0.1) is 6.61 Å². The zero-order valence-electron chi connectivity index (χ0n) is 8.84. The number of aromatic nitrogens is 2. The number of anilines is 1. The summed E-state index contributed by atoms with van der Waals surface area (Å²) in [5.41, 5.74) is -0.498. The first kappa shape index (κ1) is 13.1. The third-order valence-electron chi connectivity index (χ3n) is 1.85. The van der Waals surface area contributed by atoms with E-state index in [1.54, 1.807) is 6.92 Å². The lowest BCUT2D eigenvalue weighted by atomic mass is 10.3. The van der Waals surface area contributed by atoms with Crippen molar-refractivity contribution in [3.63, 3.8) is 0 Å². The van der Waals surface area contributed by atoms with Crippen LogP contribution in [0.3, 0.4) is 0 Å². The van der Waals surface area contributed by atoms with Crippen LogP contribution in [0.5, 0.6) is 0 Å². The van der Waals surface area contributed by atoms with Gasteiger partial charge in [-0.2, -0.15) is 0 Å². The van der Waals surface area contributed by atoms with E-state index in [-0.39, 0.29) is 29.3 Å². The summed E-state index contributed by atoms with van der Waals surface area (Å²) in [6.45, 7) is 3.02. The lowest BCUT2D eigenvalue weighted by Crippen LogP contribution is -2.21. The van der Waals surface area contributed by atoms with Crippen LogP contribution in [-0.4, -0.2) is 27.7 Å². The van der Waals surface area contributed by atoms with E-state index in [2.05, 4.69) is 15.3 Å². The minimum atomic E-state index is -2.75. The van der Waals surface area contributed by atoms with Crippen LogP contribution in [0.2, 0.25) is 5.02 Å². The summed E-state index contributed by atoms with van der Waals surface area (Å²) in [6, 6.07) is -0.322. The molecule has 0 saturated heterocycles. The molecular weight excluding hydrogens is 240 g/mol. The van der Waals surface area contributed by atoms with Gasteiger partial charge in [-0.1, -0.05) is 11.6 Å². The lowest BCUT2D eigenvalue weighted by Gasteiger charge is -2.14. The molecule has 0 fully saturated rings. The Morgan fingerprint density at radius 3 is 2.56 bits per heavy atom. The topological polar surface area (TPSA) is 58.0 Å². The Hall–Kier alpha value is -1.01. The van der Waals surface area contributed by atoms with Crippen LogP contribution in [-0.2, 0) is 0 Å². The Bertz CT molecular complexity index is 376. The van der Waals surface area contributed by atoms with Crippen molar-refractivity contribution in [2.45, 2.75) is 26.3 Å². The smallest absolute Gasteiger partial charge is 0.282 e. The molecule has 1 heterocycles. The van der Waals surface area contributed by atoms with Crippen molar-refractivity contribution >= 4 is 17.4 Å². The first-order valence-electron chi connectivity index (χ1n) is 4.65. The number of nitrogens with one attached hydrogen (secondary N) is 1. The van der Waals surface area contributed by atoms with E-state index >= 15 is 0 Å². The third kappa shape index (κ3) is 2.99. The van der Waals surface area contributed by atoms with Crippen LogP contribution in [0.1, 0.15) is 24.9 Å². The van der Waals surface area contributed by atoms with Crippen molar-refractivity contribution < 1.29 is 13.9 Å².